The molecule has 6 nitrogen and oxygen atoms in total. The van der Waals surface area contributed by atoms with Gasteiger partial charge in [0, 0.05) is 42.6 Å². The minimum Gasteiger partial charge on any atom is -0.356 e. The molecule has 0 radical (unpaired) electrons. The van der Waals surface area contributed by atoms with Gasteiger partial charge in [0.2, 0.25) is 0 Å². The van der Waals surface area contributed by atoms with Crippen LogP contribution in [0.15, 0.2) is 30.7 Å². The summed E-state index contributed by atoms with van der Waals surface area (Å²) < 4.78 is 0. The quantitative estimate of drug-likeness (QED) is 0.465. The molecule has 5 heterocycles. The highest BCUT2D eigenvalue weighted by Crippen LogP contribution is 2.37. The molecule has 4 aromatic heterocycles. The second-order valence-electron chi connectivity index (χ2n) is 7.90. The van der Waals surface area contributed by atoms with E-state index >= 15 is 0 Å². The van der Waals surface area contributed by atoms with E-state index in [4.69, 9.17) is 21.6 Å². The largest absolute Gasteiger partial charge is 0.356 e. The van der Waals surface area contributed by atoms with Gasteiger partial charge in [-0.1, -0.05) is 25.4 Å². The van der Waals surface area contributed by atoms with E-state index in [0.29, 0.717) is 16.9 Å². The molecule has 4 aromatic rings. The first-order chi connectivity index (χ1) is 14.1. The molecule has 0 saturated carbocycles. The van der Waals surface area contributed by atoms with Gasteiger partial charge in [-0.25, -0.2) is 19.9 Å². The van der Waals surface area contributed by atoms with E-state index in [9.17, 15) is 0 Å². The van der Waals surface area contributed by atoms with Crippen LogP contribution in [0.3, 0.4) is 0 Å². The summed E-state index contributed by atoms with van der Waals surface area (Å²) in [4.78, 5) is 24.4. The predicted octanol–water partition coefficient (Wildman–Crippen LogP) is 5.34. The highest BCUT2D eigenvalue weighted by molar-refractivity contribution is 6.34. The molecule has 0 spiro atoms. The number of halogens is 1. The van der Waals surface area contributed by atoms with Gasteiger partial charge in [-0.2, -0.15) is 0 Å². The molecule has 0 aromatic carbocycles. The van der Waals surface area contributed by atoms with E-state index in [1.807, 2.05) is 24.5 Å². The van der Waals surface area contributed by atoms with Gasteiger partial charge < -0.3 is 9.88 Å². The number of piperidine rings is 1. The molecule has 5 rings (SSSR count). The molecule has 1 fully saturated rings. The van der Waals surface area contributed by atoms with Crippen LogP contribution in [-0.2, 0) is 0 Å². The van der Waals surface area contributed by atoms with Crippen molar-refractivity contribution in [2.24, 2.45) is 0 Å². The zero-order valence-corrected chi connectivity index (χ0v) is 17.4. The Morgan fingerprint density at radius 1 is 1.07 bits per heavy atom. The molecule has 148 valence electrons. The van der Waals surface area contributed by atoms with Gasteiger partial charge in [-0.3, -0.25) is 0 Å². The first-order valence-electron chi connectivity index (χ1n) is 10.2. The van der Waals surface area contributed by atoms with Crippen molar-refractivity contribution >= 4 is 39.4 Å². The topological polar surface area (TPSA) is 70.6 Å². The zero-order valence-electron chi connectivity index (χ0n) is 16.6. The molecule has 0 bridgehead atoms. The molecule has 0 unspecified atom stereocenters. The van der Waals surface area contributed by atoms with Crippen molar-refractivity contribution in [2.45, 2.75) is 39.0 Å². The minimum absolute atomic E-state index is 0.303. The molecule has 0 atom stereocenters. The Morgan fingerprint density at radius 2 is 1.90 bits per heavy atom. The van der Waals surface area contributed by atoms with E-state index in [2.05, 4.69) is 33.7 Å². The number of fused-ring (bicyclic) bond motifs is 2. The van der Waals surface area contributed by atoms with Crippen LogP contribution in [0.2, 0.25) is 5.15 Å². The lowest BCUT2D eigenvalue weighted by Gasteiger charge is -2.30. The third-order valence-electron chi connectivity index (χ3n) is 5.67. The Hall–Kier alpha value is -2.73. The maximum Gasteiger partial charge on any atom is 0.163 e. The van der Waals surface area contributed by atoms with E-state index in [0.717, 1.165) is 52.0 Å². The smallest absolute Gasteiger partial charge is 0.163 e. The number of H-pyrrole nitrogens is 1. The number of aromatic amines is 1. The van der Waals surface area contributed by atoms with E-state index in [1.165, 1.54) is 19.3 Å². The molecule has 1 N–H and O–H groups in total. The van der Waals surface area contributed by atoms with E-state index in [1.54, 1.807) is 6.20 Å². The van der Waals surface area contributed by atoms with Gasteiger partial charge in [0.05, 0.1) is 5.39 Å². The van der Waals surface area contributed by atoms with E-state index in [-0.39, 0.29) is 0 Å². The standard InChI is InChI=1S/C22H23ClN6/c1-13(2)16-12-26-19(23)18-17(16)22(29-10-4-3-5-11-29)28-21(27-18)15-7-9-25-20-14(15)6-8-24-20/h6-9,12-13H,3-5,10-11H2,1-2H3,(H,24,25). The zero-order chi connectivity index (χ0) is 20.0. The van der Waals surface area contributed by atoms with Gasteiger partial charge in [0.1, 0.15) is 17.0 Å². The second-order valence-corrected chi connectivity index (χ2v) is 8.26. The Morgan fingerprint density at radius 3 is 2.69 bits per heavy atom. The molecule has 1 aliphatic heterocycles. The SMILES string of the molecule is CC(C)c1cnc(Cl)c2nc(-c3ccnc4[nH]ccc34)nc(N3CCCCC3)c12. The van der Waals surface area contributed by atoms with Crippen LogP contribution < -0.4 is 4.90 Å². The molecule has 7 heteroatoms. The number of hydrogen-bond acceptors (Lipinski definition) is 5. The highest BCUT2D eigenvalue weighted by Gasteiger charge is 2.23. The normalized spacial score (nSPS) is 15.0. The lowest BCUT2D eigenvalue weighted by atomic mass is 10.00. The van der Waals surface area contributed by atoms with Crippen molar-refractivity contribution in [1.29, 1.82) is 0 Å². The summed E-state index contributed by atoms with van der Waals surface area (Å²) in [5.41, 5.74) is 3.63. The summed E-state index contributed by atoms with van der Waals surface area (Å²) in [6, 6.07) is 3.97. The molecule has 1 saturated heterocycles. The summed E-state index contributed by atoms with van der Waals surface area (Å²) in [5.74, 6) is 1.94. The van der Waals surface area contributed by atoms with Crippen molar-refractivity contribution in [3.8, 4) is 11.4 Å². The average molecular weight is 407 g/mol. The van der Waals surface area contributed by atoms with Gasteiger partial charge in [0.25, 0.3) is 0 Å². The summed E-state index contributed by atoms with van der Waals surface area (Å²) in [6.45, 7) is 6.34. The second kappa shape index (κ2) is 7.26. The predicted molar refractivity (Wildman–Crippen MR) is 118 cm³/mol. The number of nitrogens with one attached hydrogen (secondary N) is 1. The molecule has 1 aliphatic rings. The number of pyridine rings is 2. The fourth-order valence-electron chi connectivity index (χ4n) is 4.16. The van der Waals surface area contributed by atoms with Crippen LogP contribution >= 0.6 is 11.6 Å². The number of nitrogens with zero attached hydrogens (tertiary/aromatic N) is 5. The molecule has 0 aliphatic carbocycles. The number of anilines is 1. The number of aromatic nitrogens is 5. The van der Waals surface area contributed by atoms with Crippen LogP contribution in [0.25, 0.3) is 33.3 Å². The molecular formula is C22H23ClN6. The maximum atomic E-state index is 6.56. The van der Waals surface area contributed by atoms with Gasteiger partial charge in [-0.15, -0.1) is 0 Å². The third kappa shape index (κ3) is 3.12. The Balaban J connectivity index is 1.83. The average Bonchev–Trinajstić information content (AvgIpc) is 3.23. The lowest BCUT2D eigenvalue weighted by molar-refractivity contribution is 0.574. The fourth-order valence-corrected chi connectivity index (χ4v) is 4.35. The van der Waals surface area contributed by atoms with Crippen molar-refractivity contribution in [3.05, 3.63) is 41.4 Å². The number of hydrogen-bond donors (Lipinski definition) is 1. The third-order valence-corrected chi connectivity index (χ3v) is 5.95. The Labute approximate surface area is 174 Å². The lowest BCUT2D eigenvalue weighted by Crippen LogP contribution is -2.30. The fraction of sp³-hybridized carbons (Fsp3) is 0.364. The summed E-state index contributed by atoms with van der Waals surface area (Å²) >= 11 is 6.56. The molecular weight excluding hydrogens is 384 g/mol. The molecule has 29 heavy (non-hydrogen) atoms. The Bertz CT molecular complexity index is 1190. The molecule has 0 amide bonds. The van der Waals surface area contributed by atoms with Crippen LogP contribution in [-0.4, -0.2) is 38.0 Å². The van der Waals surface area contributed by atoms with Gasteiger partial charge in [0.15, 0.2) is 11.0 Å². The summed E-state index contributed by atoms with van der Waals surface area (Å²) in [7, 11) is 0. The van der Waals surface area contributed by atoms with Crippen LogP contribution in [0.4, 0.5) is 5.82 Å². The first-order valence-corrected chi connectivity index (χ1v) is 10.5. The Kier molecular flexibility index (Phi) is 4.59. The van der Waals surface area contributed by atoms with Gasteiger partial charge in [-0.05, 0) is 42.9 Å². The summed E-state index contributed by atoms with van der Waals surface area (Å²) in [5, 5.41) is 2.45. The van der Waals surface area contributed by atoms with E-state index < -0.39 is 0 Å². The highest BCUT2D eigenvalue weighted by atomic mass is 35.5. The van der Waals surface area contributed by atoms with Crippen molar-refractivity contribution in [2.75, 3.05) is 18.0 Å². The monoisotopic (exact) mass is 406 g/mol. The van der Waals surface area contributed by atoms with Crippen molar-refractivity contribution in [1.82, 2.24) is 24.9 Å². The minimum atomic E-state index is 0.303. The maximum absolute atomic E-state index is 6.56. The van der Waals surface area contributed by atoms with Crippen molar-refractivity contribution in [3.63, 3.8) is 0 Å². The first kappa shape index (κ1) is 18.3. The van der Waals surface area contributed by atoms with Gasteiger partial charge >= 0.3 is 0 Å². The summed E-state index contributed by atoms with van der Waals surface area (Å²) in [6.07, 6.45) is 9.16. The van der Waals surface area contributed by atoms with Crippen LogP contribution in [0, 0.1) is 0 Å². The van der Waals surface area contributed by atoms with Crippen LogP contribution in [0.5, 0.6) is 0 Å². The van der Waals surface area contributed by atoms with Crippen LogP contribution in [0.1, 0.15) is 44.6 Å². The van der Waals surface area contributed by atoms with Crippen molar-refractivity contribution < 1.29 is 0 Å². The number of rotatable bonds is 3.